The van der Waals surface area contributed by atoms with Gasteiger partial charge < -0.3 is 5.11 Å². The van der Waals surface area contributed by atoms with Gasteiger partial charge in [-0.3, -0.25) is 19.5 Å². The number of pyridine rings is 1. The number of aliphatic hydroxyl groups is 1. The molecule has 1 fully saturated rings. The third kappa shape index (κ3) is 4.84. The number of ketones is 1. The molecule has 0 bridgehead atoms. The van der Waals surface area contributed by atoms with E-state index in [1.165, 1.54) is 33.6 Å². The highest BCUT2D eigenvalue weighted by atomic mass is 79.9. The molecule has 4 aromatic rings. The van der Waals surface area contributed by atoms with Crippen LogP contribution in [0.25, 0.3) is 5.76 Å². The van der Waals surface area contributed by atoms with Crippen LogP contribution in [0.3, 0.4) is 0 Å². The molecule has 3 heterocycles. The Hall–Kier alpha value is -3.34. The third-order valence-corrected chi connectivity index (χ3v) is 8.30. The molecule has 1 saturated heterocycles. The Morgan fingerprint density at radius 3 is 2.53 bits per heavy atom. The summed E-state index contributed by atoms with van der Waals surface area (Å²) in [5.74, 6) is -1.11. The number of Topliss-reactive ketones (excluding diaryl/α,β-unsaturated/α-hetero) is 1. The van der Waals surface area contributed by atoms with E-state index < -0.39 is 17.7 Å². The average molecular weight is 580 g/mol. The Morgan fingerprint density at radius 2 is 1.83 bits per heavy atom. The molecule has 0 aliphatic carbocycles. The zero-order valence-corrected chi connectivity index (χ0v) is 22.2. The van der Waals surface area contributed by atoms with Crippen molar-refractivity contribution >= 4 is 61.6 Å². The van der Waals surface area contributed by atoms with E-state index in [1.54, 1.807) is 48.8 Å². The van der Waals surface area contributed by atoms with E-state index in [0.717, 1.165) is 10.0 Å². The quantitative estimate of drug-likeness (QED) is 0.0996. The zero-order chi connectivity index (χ0) is 25.2. The normalized spacial score (nSPS) is 17.1. The maximum absolute atomic E-state index is 13.2. The first kappa shape index (κ1) is 24.4. The fraction of sp³-hybridized carbons (Fsp3) is 0.115. The van der Waals surface area contributed by atoms with E-state index >= 15 is 0 Å². The van der Waals surface area contributed by atoms with E-state index in [2.05, 4.69) is 55.4 Å². The first-order valence-electron chi connectivity index (χ1n) is 10.9. The number of benzene rings is 2. The molecule has 180 valence electrons. The molecule has 2 aromatic heterocycles. The van der Waals surface area contributed by atoms with E-state index in [9.17, 15) is 14.7 Å². The Balaban J connectivity index is 1.51. The van der Waals surface area contributed by atoms with Gasteiger partial charge in [-0.2, -0.15) is 0 Å². The monoisotopic (exact) mass is 578 g/mol. The van der Waals surface area contributed by atoms with Gasteiger partial charge >= 0.3 is 5.91 Å². The van der Waals surface area contributed by atoms with E-state index in [-0.39, 0.29) is 16.5 Å². The summed E-state index contributed by atoms with van der Waals surface area (Å²) >= 11 is 6.11. The van der Waals surface area contributed by atoms with Crippen LogP contribution in [0.15, 0.2) is 87.4 Å². The lowest BCUT2D eigenvalue weighted by Gasteiger charge is -2.22. The number of anilines is 1. The summed E-state index contributed by atoms with van der Waals surface area (Å²) in [6.07, 6.45) is 3.18. The topological polar surface area (TPSA) is 96.3 Å². The number of hydrogen-bond acceptors (Lipinski definition) is 8. The van der Waals surface area contributed by atoms with E-state index in [0.29, 0.717) is 21.2 Å². The van der Waals surface area contributed by atoms with Crippen molar-refractivity contribution in [2.45, 2.75) is 23.1 Å². The maximum atomic E-state index is 13.2. The molecule has 5 rings (SSSR count). The van der Waals surface area contributed by atoms with Gasteiger partial charge in [-0.1, -0.05) is 87.1 Å². The second-order valence-corrected chi connectivity index (χ2v) is 11.2. The van der Waals surface area contributed by atoms with Gasteiger partial charge in [0.25, 0.3) is 5.78 Å². The number of amides is 1. The van der Waals surface area contributed by atoms with Crippen LogP contribution in [0.5, 0.6) is 0 Å². The minimum Gasteiger partial charge on any atom is -0.507 e. The second-order valence-electron chi connectivity index (χ2n) is 8.09. The number of rotatable bonds is 6. The fourth-order valence-corrected chi connectivity index (χ4v) is 5.92. The van der Waals surface area contributed by atoms with Crippen LogP contribution in [0.2, 0.25) is 0 Å². The molecule has 10 heteroatoms. The van der Waals surface area contributed by atoms with Gasteiger partial charge in [0.2, 0.25) is 5.13 Å². The number of thioether (sulfide) groups is 1. The number of aromatic nitrogens is 3. The lowest BCUT2D eigenvalue weighted by atomic mass is 9.96. The summed E-state index contributed by atoms with van der Waals surface area (Å²) in [6, 6.07) is 17.7. The zero-order valence-electron chi connectivity index (χ0n) is 19.0. The number of nitrogens with zero attached hydrogens (tertiary/aromatic N) is 4. The van der Waals surface area contributed by atoms with Crippen molar-refractivity contribution in [3.63, 3.8) is 0 Å². The summed E-state index contributed by atoms with van der Waals surface area (Å²) in [4.78, 5) is 31.9. The van der Waals surface area contributed by atoms with Crippen LogP contribution in [0.4, 0.5) is 5.13 Å². The Labute approximate surface area is 224 Å². The highest BCUT2D eigenvalue weighted by molar-refractivity contribution is 9.10. The highest BCUT2D eigenvalue weighted by Crippen LogP contribution is 2.43. The molecule has 1 atom stereocenters. The lowest BCUT2D eigenvalue weighted by molar-refractivity contribution is -0.132. The molecule has 0 saturated carbocycles. The van der Waals surface area contributed by atoms with Gasteiger partial charge in [0, 0.05) is 28.2 Å². The van der Waals surface area contributed by atoms with Crippen molar-refractivity contribution in [2.24, 2.45) is 0 Å². The van der Waals surface area contributed by atoms with Gasteiger partial charge in [0.15, 0.2) is 4.34 Å². The predicted octanol–water partition coefficient (Wildman–Crippen LogP) is 5.92. The first-order chi connectivity index (χ1) is 17.4. The van der Waals surface area contributed by atoms with Crippen molar-refractivity contribution in [2.75, 3.05) is 4.90 Å². The molecule has 2 aromatic carbocycles. The molecule has 36 heavy (non-hydrogen) atoms. The summed E-state index contributed by atoms with van der Waals surface area (Å²) in [6.45, 7) is 2.04. The maximum Gasteiger partial charge on any atom is 0.301 e. The molecular formula is C26H19BrN4O3S2. The molecule has 7 nitrogen and oxygen atoms in total. The molecule has 0 spiro atoms. The predicted molar refractivity (Wildman–Crippen MR) is 144 cm³/mol. The number of hydrogen-bond donors (Lipinski definition) is 1. The third-order valence-electron chi connectivity index (χ3n) is 5.65. The number of aryl methyl sites for hydroxylation is 1. The summed E-state index contributed by atoms with van der Waals surface area (Å²) in [5, 5.41) is 19.9. The van der Waals surface area contributed by atoms with Gasteiger partial charge in [0.05, 0.1) is 11.6 Å². The minimum absolute atomic E-state index is 0.0145. The lowest BCUT2D eigenvalue weighted by Crippen LogP contribution is -2.29. The average Bonchev–Trinajstić information content (AvgIpc) is 3.46. The van der Waals surface area contributed by atoms with Gasteiger partial charge in [-0.25, -0.2) is 0 Å². The molecular weight excluding hydrogens is 560 g/mol. The molecule has 1 aliphatic rings. The van der Waals surface area contributed by atoms with E-state index in [4.69, 9.17) is 0 Å². The molecule has 1 unspecified atom stereocenters. The Bertz CT molecular complexity index is 1450. The van der Waals surface area contributed by atoms with Crippen LogP contribution in [-0.2, 0) is 15.3 Å². The fourth-order valence-electron chi connectivity index (χ4n) is 3.83. The number of aliphatic hydroxyl groups excluding tert-OH is 1. The molecule has 1 N–H and O–H groups in total. The largest absolute Gasteiger partial charge is 0.507 e. The van der Waals surface area contributed by atoms with Gasteiger partial charge in [-0.05, 0) is 36.2 Å². The first-order valence-corrected chi connectivity index (χ1v) is 13.5. The Morgan fingerprint density at radius 1 is 1.08 bits per heavy atom. The van der Waals surface area contributed by atoms with Crippen LogP contribution in [0.1, 0.15) is 28.3 Å². The molecule has 0 radical (unpaired) electrons. The summed E-state index contributed by atoms with van der Waals surface area (Å²) in [7, 11) is 0. The SMILES string of the molecule is Cc1ccc(CSc2nnc(N3C(=O)C(=O)/C(=C(\O)c4ccc(Br)cc4)C3c3cccnc3)s2)cc1. The van der Waals surface area contributed by atoms with Crippen molar-refractivity contribution in [3.05, 3.63) is 105 Å². The molecule has 1 aliphatic heterocycles. The summed E-state index contributed by atoms with van der Waals surface area (Å²) in [5.41, 5.74) is 3.33. The Kier molecular flexibility index (Phi) is 6.99. The minimum atomic E-state index is -0.884. The number of carbonyl (C=O) groups is 2. The second kappa shape index (κ2) is 10.3. The molecule has 1 amide bonds. The standard InChI is InChI=1S/C26H19BrN4O3S2/c1-15-4-6-16(7-5-15)14-35-26-30-29-25(36-26)31-21(18-3-2-12-28-13-18)20(23(33)24(31)34)22(32)17-8-10-19(27)11-9-17/h2-13,21,32H,14H2,1H3/b22-20-. The van der Waals surface area contributed by atoms with Crippen LogP contribution in [0, 0.1) is 6.92 Å². The van der Waals surface area contributed by atoms with E-state index in [1.807, 2.05) is 6.92 Å². The van der Waals surface area contributed by atoms with Gasteiger partial charge in [-0.15, -0.1) is 10.2 Å². The van der Waals surface area contributed by atoms with Gasteiger partial charge in [0.1, 0.15) is 5.76 Å². The van der Waals surface area contributed by atoms with Crippen molar-refractivity contribution in [1.29, 1.82) is 0 Å². The van der Waals surface area contributed by atoms with Crippen LogP contribution < -0.4 is 4.90 Å². The summed E-state index contributed by atoms with van der Waals surface area (Å²) < 4.78 is 1.50. The highest BCUT2D eigenvalue weighted by Gasteiger charge is 2.48. The number of carbonyl (C=O) groups excluding carboxylic acids is 2. The van der Waals surface area contributed by atoms with Crippen LogP contribution in [-0.4, -0.2) is 32.0 Å². The van der Waals surface area contributed by atoms with Crippen molar-refractivity contribution < 1.29 is 14.7 Å². The van der Waals surface area contributed by atoms with Crippen molar-refractivity contribution in [3.8, 4) is 0 Å². The van der Waals surface area contributed by atoms with Crippen molar-refractivity contribution in [1.82, 2.24) is 15.2 Å². The number of halogens is 1. The van der Waals surface area contributed by atoms with Crippen LogP contribution >= 0.6 is 39.0 Å². The smallest absolute Gasteiger partial charge is 0.301 e.